The smallest absolute Gasteiger partial charge is 0.326 e. The first-order chi connectivity index (χ1) is 39.1. The highest BCUT2D eigenvalue weighted by atomic mass is 16.4. The maximum Gasteiger partial charge on any atom is 0.326 e. The molecule has 28 heteroatoms. The number of carboxylic acids is 2. The molecule has 0 aliphatic heterocycles. The molecule has 0 bridgehead atoms. The van der Waals surface area contributed by atoms with E-state index in [4.69, 9.17) is 22.9 Å². The maximum atomic E-state index is 14.1. The van der Waals surface area contributed by atoms with Crippen molar-refractivity contribution >= 4 is 71.1 Å². The lowest BCUT2D eigenvalue weighted by molar-refractivity contribution is -0.143. The molecule has 460 valence electrons. The van der Waals surface area contributed by atoms with Crippen LogP contribution in [0.2, 0.25) is 0 Å². The average Bonchev–Trinajstić information content (AvgIpc) is 3.46. The van der Waals surface area contributed by atoms with E-state index < -0.39 is 145 Å². The molecule has 0 aliphatic rings. The number of carbonyl (C=O) groups is 11. The van der Waals surface area contributed by atoms with Crippen LogP contribution in [0.15, 0.2) is 59.6 Å². The SMILES string of the molecule is CC[C@H](C)[C@H](NC(=O)[C@H](CC(=O)O)NC(=O)CNC(=O)[C@H](CCCN=C(N)N)NC(=O)[C@@H](N)Cc1ccccc1)C(=O)N[C@@H](CC(C)C)C(=O)NCC(=O)N[C@@H](CCCCN)C(=O)N[C@@H](Cc1ccc(O)cc1)C(=O)N[C@H](C(=O)O)C(C)C. The van der Waals surface area contributed by atoms with E-state index in [0.29, 0.717) is 18.4 Å². The number of nitrogens with zero attached hydrogens (tertiary/aromatic N) is 1. The number of hydrogen-bond acceptors (Lipinski definition) is 15. The van der Waals surface area contributed by atoms with Gasteiger partial charge in [-0.2, -0.15) is 0 Å². The van der Waals surface area contributed by atoms with Crippen molar-refractivity contribution in [2.45, 2.75) is 154 Å². The van der Waals surface area contributed by atoms with Crippen LogP contribution >= 0.6 is 0 Å². The van der Waals surface area contributed by atoms with Crippen LogP contribution in [0.25, 0.3) is 0 Å². The summed E-state index contributed by atoms with van der Waals surface area (Å²) in [6.45, 7) is 8.88. The monoisotopic (exact) mass is 1170 g/mol. The summed E-state index contributed by atoms with van der Waals surface area (Å²) in [5.41, 5.74) is 23.9. The fourth-order valence-corrected chi connectivity index (χ4v) is 8.27. The molecule has 83 heavy (non-hydrogen) atoms. The third-order valence-corrected chi connectivity index (χ3v) is 13.1. The van der Waals surface area contributed by atoms with Crippen LogP contribution in [-0.4, -0.2) is 161 Å². The van der Waals surface area contributed by atoms with Crippen molar-refractivity contribution in [2.75, 3.05) is 26.2 Å². The maximum absolute atomic E-state index is 14.1. The van der Waals surface area contributed by atoms with Crippen LogP contribution in [0.5, 0.6) is 5.75 Å². The van der Waals surface area contributed by atoms with Crippen LogP contribution in [0, 0.1) is 17.8 Å². The number of phenols is 1. The summed E-state index contributed by atoms with van der Waals surface area (Å²) in [5.74, 6) is -12.2. The molecule has 9 atom stereocenters. The van der Waals surface area contributed by atoms with Crippen molar-refractivity contribution < 1.29 is 68.1 Å². The lowest BCUT2D eigenvalue weighted by atomic mass is 9.96. The number of benzene rings is 2. The Morgan fingerprint density at radius 3 is 1.60 bits per heavy atom. The summed E-state index contributed by atoms with van der Waals surface area (Å²) in [5, 5.41) is 51.8. The number of carboxylic acid groups (broad SMARTS) is 2. The lowest BCUT2D eigenvalue weighted by Crippen LogP contribution is -2.60. The molecule has 0 spiro atoms. The van der Waals surface area contributed by atoms with Crippen molar-refractivity contribution in [3.8, 4) is 5.75 Å². The summed E-state index contributed by atoms with van der Waals surface area (Å²) in [4.78, 5) is 150. The molecule has 28 nitrogen and oxygen atoms in total. The van der Waals surface area contributed by atoms with Crippen LogP contribution < -0.4 is 70.8 Å². The fraction of sp³-hybridized carbons (Fsp3) is 0.564. The minimum atomic E-state index is -1.78. The van der Waals surface area contributed by atoms with Gasteiger partial charge in [-0.15, -0.1) is 0 Å². The topological polar surface area (TPSA) is 473 Å². The normalized spacial score (nSPS) is 14.3. The Morgan fingerprint density at radius 2 is 1.06 bits per heavy atom. The predicted molar refractivity (Wildman–Crippen MR) is 306 cm³/mol. The zero-order chi connectivity index (χ0) is 62.3. The summed E-state index contributed by atoms with van der Waals surface area (Å²) in [6.07, 6.45) is 0.449. The van der Waals surface area contributed by atoms with Crippen LogP contribution in [0.4, 0.5) is 0 Å². The zero-order valence-corrected chi connectivity index (χ0v) is 48.0. The molecule has 9 amide bonds. The Balaban J connectivity index is 2.24. The van der Waals surface area contributed by atoms with Gasteiger partial charge in [-0.3, -0.25) is 52.9 Å². The van der Waals surface area contributed by atoms with Crippen LogP contribution in [0.1, 0.15) is 104 Å². The van der Waals surface area contributed by atoms with Gasteiger partial charge in [0.05, 0.1) is 25.6 Å². The average molecular weight is 1170 g/mol. The number of guanidine groups is 1. The Hall–Kier alpha value is -8.40. The number of hydrogen-bond donors (Lipinski definition) is 16. The van der Waals surface area contributed by atoms with Gasteiger partial charge in [0, 0.05) is 13.0 Å². The van der Waals surface area contributed by atoms with Crippen LogP contribution in [0.3, 0.4) is 0 Å². The Bertz CT molecular complexity index is 2510. The summed E-state index contributed by atoms with van der Waals surface area (Å²) in [7, 11) is 0. The molecular weight excluding hydrogens is 1080 g/mol. The number of nitrogens with one attached hydrogen (secondary N) is 9. The second-order valence-corrected chi connectivity index (χ2v) is 20.9. The lowest BCUT2D eigenvalue weighted by Gasteiger charge is -2.28. The van der Waals surface area contributed by atoms with Gasteiger partial charge in [-0.05, 0) is 92.5 Å². The quantitative estimate of drug-likeness (QED) is 0.0190. The van der Waals surface area contributed by atoms with Crippen molar-refractivity contribution in [2.24, 2.45) is 45.7 Å². The first kappa shape index (κ1) is 70.7. The number of aliphatic carboxylic acids is 2. The third kappa shape index (κ3) is 27.3. The molecule has 2 aromatic rings. The Morgan fingerprint density at radius 1 is 0.554 bits per heavy atom. The van der Waals surface area contributed by atoms with E-state index in [1.54, 1.807) is 71.9 Å². The highest BCUT2D eigenvalue weighted by molar-refractivity contribution is 5.98. The van der Waals surface area contributed by atoms with Gasteiger partial charge in [-0.1, -0.05) is 90.4 Å². The number of carbonyl (C=O) groups excluding carboxylic acids is 9. The van der Waals surface area contributed by atoms with E-state index in [1.807, 2.05) is 0 Å². The van der Waals surface area contributed by atoms with E-state index >= 15 is 0 Å². The van der Waals surface area contributed by atoms with Gasteiger partial charge in [0.1, 0.15) is 48.0 Å². The molecule has 0 fully saturated rings. The number of amides is 9. The molecule has 0 aromatic heterocycles. The minimum Gasteiger partial charge on any atom is -0.508 e. The largest absolute Gasteiger partial charge is 0.508 e. The minimum absolute atomic E-state index is 0.0114. The molecule has 0 radical (unpaired) electrons. The van der Waals surface area contributed by atoms with Crippen molar-refractivity contribution in [3.05, 3.63) is 65.7 Å². The molecule has 2 rings (SSSR count). The predicted octanol–water partition coefficient (Wildman–Crippen LogP) is -2.38. The van der Waals surface area contributed by atoms with Gasteiger partial charge in [0.15, 0.2) is 5.96 Å². The van der Waals surface area contributed by atoms with E-state index in [9.17, 15) is 68.1 Å². The van der Waals surface area contributed by atoms with Gasteiger partial charge in [-0.25, -0.2) is 4.79 Å². The van der Waals surface area contributed by atoms with Crippen molar-refractivity contribution in [3.63, 3.8) is 0 Å². The Kier molecular flexibility index (Phi) is 31.4. The van der Waals surface area contributed by atoms with Crippen LogP contribution in [-0.2, 0) is 65.6 Å². The van der Waals surface area contributed by atoms with Crippen molar-refractivity contribution in [1.29, 1.82) is 0 Å². The molecule has 0 heterocycles. The highest BCUT2D eigenvalue weighted by Crippen LogP contribution is 2.15. The number of aromatic hydroxyl groups is 1. The first-order valence-corrected chi connectivity index (χ1v) is 27.6. The summed E-state index contributed by atoms with van der Waals surface area (Å²) >= 11 is 0. The fourth-order valence-electron chi connectivity index (χ4n) is 8.27. The number of aliphatic imine (C=N–C) groups is 1. The van der Waals surface area contributed by atoms with E-state index in [2.05, 4.69) is 52.8 Å². The Labute approximate surface area is 483 Å². The molecular formula is C55H86N14O14. The van der Waals surface area contributed by atoms with Crippen molar-refractivity contribution in [1.82, 2.24) is 47.9 Å². The first-order valence-electron chi connectivity index (χ1n) is 27.6. The second kappa shape index (κ2) is 36.9. The second-order valence-electron chi connectivity index (χ2n) is 20.9. The summed E-state index contributed by atoms with van der Waals surface area (Å²) in [6, 6.07) is 3.99. The van der Waals surface area contributed by atoms with Gasteiger partial charge >= 0.3 is 11.9 Å². The van der Waals surface area contributed by atoms with E-state index in [0.717, 1.165) is 5.56 Å². The number of unbranched alkanes of at least 4 members (excludes halogenated alkanes) is 1. The molecule has 0 saturated carbocycles. The zero-order valence-electron chi connectivity index (χ0n) is 48.0. The highest BCUT2D eigenvalue weighted by Gasteiger charge is 2.35. The third-order valence-electron chi connectivity index (χ3n) is 13.1. The molecule has 0 unspecified atom stereocenters. The molecule has 2 aromatic carbocycles. The summed E-state index contributed by atoms with van der Waals surface area (Å²) < 4.78 is 0. The molecule has 0 saturated heterocycles. The van der Waals surface area contributed by atoms with Gasteiger partial charge in [0.25, 0.3) is 0 Å². The standard InChI is InChI=1S/C55H86N14O14/c1-7-32(6)46(69-52(80)41(27-44(73)74)64-43(72)29-61-48(76)37(17-13-23-60-55(58)59)65-47(75)36(57)25-33-14-9-8-10-15-33)53(81)67-39(24-30(2)3)49(77)62-28-42(71)63-38(16-11-12-22-56)50(78)66-40(26-34-18-20-35(70)21-19-34)51(79)68-45(31(4)5)54(82)83/h8-10,14-15,18-21,30-32,36-41,45-46,70H,7,11-13,16-17,22-29,56-57H2,1-6H3,(H,61,76)(H,62,77)(H,63,71)(H,64,72)(H,65,75)(H,66,78)(H,67,81)(H,68,79)(H,69,80)(H,73,74)(H,82,83)(H4,58,59,60)/t32-,36-,37-,38-,39-,40-,41-,45-,46-/m0/s1. The van der Waals surface area contributed by atoms with Gasteiger partial charge < -0.3 is 86.1 Å². The van der Waals surface area contributed by atoms with E-state index in [1.165, 1.54) is 24.3 Å². The molecule has 0 aliphatic carbocycles. The van der Waals surface area contributed by atoms with Gasteiger partial charge in [0.2, 0.25) is 53.2 Å². The number of rotatable bonds is 38. The molecule has 20 N–H and O–H groups in total. The number of nitrogens with two attached hydrogens (primary N) is 4. The van der Waals surface area contributed by atoms with E-state index in [-0.39, 0.29) is 75.7 Å². The number of phenolic OH excluding ortho intramolecular Hbond substituents is 1.